The number of hydrogen-bond acceptors (Lipinski definition) is 3. The van der Waals surface area contributed by atoms with Crippen LogP contribution in [0.2, 0.25) is 0 Å². The molecule has 0 aliphatic rings. The third-order valence-corrected chi connectivity index (χ3v) is 2.85. The molecule has 0 saturated carbocycles. The average molecular weight is 249 g/mol. The first-order valence-electron chi connectivity index (χ1n) is 6.34. The van der Waals surface area contributed by atoms with Crippen molar-refractivity contribution in [1.29, 1.82) is 0 Å². The van der Waals surface area contributed by atoms with E-state index in [2.05, 4.69) is 17.6 Å². The summed E-state index contributed by atoms with van der Waals surface area (Å²) in [6.45, 7) is 4.36. The molecule has 100 valence electrons. The smallest absolute Gasteiger partial charge is 0.239 e. The molecule has 1 amide bonds. The standard InChI is InChI=1S/C14H23N3O/c1-5-11(2)16-14(18)10-15-12-8-6-7-9-13(12)17(3)4/h6-9,11,15H,5,10H2,1-4H3,(H,16,18). The van der Waals surface area contributed by atoms with Gasteiger partial charge < -0.3 is 15.5 Å². The molecule has 1 atom stereocenters. The molecule has 1 rings (SSSR count). The number of benzene rings is 1. The van der Waals surface area contributed by atoms with E-state index in [0.29, 0.717) is 6.54 Å². The molecular weight excluding hydrogens is 226 g/mol. The van der Waals surface area contributed by atoms with Crippen LogP contribution in [0, 0.1) is 0 Å². The number of carbonyl (C=O) groups excluding carboxylic acids is 1. The molecule has 18 heavy (non-hydrogen) atoms. The molecule has 0 saturated heterocycles. The normalized spacial score (nSPS) is 11.8. The zero-order chi connectivity index (χ0) is 13.5. The fraction of sp³-hybridized carbons (Fsp3) is 0.500. The quantitative estimate of drug-likeness (QED) is 0.811. The van der Waals surface area contributed by atoms with E-state index >= 15 is 0 Å². The Balaban J connectivity index is 2.56. The van der Waals surface area contributed by atoms with Crippen molar-refractivity contribution in [1.82, 2.24) is 5.32 Å². The van der Waals surface area contributed by atoms with Gasteiger partial charge in [0.25, 0.3) is 0 Å². The summed E-state index contributed by atoms with van der Waals surface area (Å²) in [5.41, 5.74) is 2.05. The third kappa shape index (κ3) is 4.28. The molecule has 0 spiro atoms. The highest BCUT2D eigenvalue weighted by Gasteiger charge is 2.07. The van der Waals surface area contributed by atoms with Crippen LogP contribution in [-0.4, -0.2) is 32.6 Å². The van der Waals surface area contributed by atoms with Crippen LogP contribution >= 0.6 is 0 Å². The maximum absolute atomic E-state index is 11.7. The van der Waals surface area contributed by atoms with Crippen molar-refractivity contribution in [2.45, 2.75) is 26.3 Å². The van der Waals surface area contributed by atoms with Gasteiger partial charge in [-0.2, -0.15) is 0 Å². The highest BCUT2D eigenvalue weighted by Crippen LogP contribution is 2.22. The van der Waals surface area contributed by atoms with E-state index in [0.717, 1.165) is 17.8 Å². The van der Waals surface area contributed by atoms with Crippen LogP contribution in [0.3, 0.4) is 0 Å². The second-order valence-electron chi connectivity index (χ2n) is 4.64. The van der Waals surface area contributed by atoms with Crippen molar-refractivity contribution in [3.8, 4) is 0 Å². The van der Waals surface area contributed by atoms with Gasteiger partial charge >= 0.3 is 0 Å². The average Bonchev–Trinajstić information content (AvgIpc) is 2.36. The summed E-state index contributed by atoms with van der Waals surface area (Å²) in [6, 6.07) is 8.17. The van der Waals surface area contributed by atoms with E-state index in [1.165, 1.54) is 0 Å². The Bertz CT molecular complexity index is 390. The summed E-state index contributed by atoms with van der Waals surface area (Å²) >= 11 is 0. The van der Waals surface area contributed by atoms with E-state index in [1.54, 1.807) is 0 Å². The molecule has 4 nitrogen and oxygen atoms in total. The second-order valence-corrected chi connectivity index (χ2v) is 4.64. The summed E-state index contributed by atoms with van der Waals surface area (Å²) < 4.78 is 0. The van der Waals surface area contributed by atoms with E-state index in [1.807, 2.05) is 50.2 Å². The monoisotopic (exact) mass is 249 g/mol. The lowest BCUT2D eigenvalue weighted by Crippen LogP contribution is -2.36. The van der Waals surface area contributed by atoms with Crippen molar-refractivity contribution >= 4 is 17.3 Å². The van der Waals surface area contributed by atoms with E-state index < -0.39 is 0 Å². The number of rotatable bonds is 6. The lowest BCUT2D eigenvalue weighted by atomic mass is 10.2. The topological polar surface area (TPSA) is 44.4 Å². The fourth-order valence-corrected chi connectivity index (χ4v) is 1.62. The van der Waals surface area contributed by atoms with Gasteiger partial charge in [0.2, 0.25) is 5.91 Å². The second kappa shape index (κ2) is 6.89. The number of carbonyl (C=O) groups is 1. The number of anilines is 2. The predicted molar refractivity (Wildman–Crippen MR) is 77.2 cm³/mol. The fourth-order valence-electron chi connectivity index (χ4n) is 1.62. The molecule has 2 N–H and O–H groups in total. The summed E-state index contributed by atoms with van der Waals surface area (Å²) in [4.78, 5) is 13.7. The van der Waals surface area contributed by atoms with Crippen molar-refractivity contribution in [3.63, 3.8) is 0 Å². The minimum atomic E-state index is 0.0258. The summed E-state index contributed by atoms with van der Waals surface area (Å²) in [5, 5.41) is 6.10. The molecule has 0 radical (unpaired) electrons. The number of nitrogens with one attached hydrogen (secondary N) is 2. The van der Waals surface area contributed by atoms with Crippen LogP contribution in [-0.2, 0) is 4.79 Å². The SMILES string of the molecule is CCC(C)NC(=O)CNc1ccccc1N(C)C. The van der Waals surface area contributed by atoms with Crippen molar-refractivity contribution in [2.75, 3.05) is 30.9 Å². The van der Waals surface area contributed by atoms with Crippen molar-refractivity contribution in [3.05, 3.63) is 24.3 Å². The Morgan fingerprint density at radius 2 is 2.00 bits per heavy atom. The Kier molecular flexibility index (Phi) is 5.49. The zero-order valence-electron chi connectivity index (χ0n) is 11.7. The van der Waals surface area contributed by atoms with Crippen LogP contribution < -0.4 is 15.5 Å². The third-order valence-electron chi connectivity index (χ3n) is 2.85. The molecule has 0 aliphatic heterocycles. The molecule has 0 aromatic heterocycles. The maximum atomic E-state index is 11.7. The molecule has 0 fully saturated rings. The van der Waals surface area contributed by atoms with E-state index in [4.69, 9.17) is 0 Å². The number of amides is 1. The molecule has 4 heteroatoms. The summed E-state index contributed by atoms with van der Waals surface area (Å²) in [5.74, 6) is 0.0258. The number of hydrogen-bond donors (Lipinski definition) is 2. The Morgan fingerprint density at radius 1 is 1.33 bits per heavy atom. The molecule has 1 unspecified atom stereocenters. The first-order chi connectivity index (χ1) is 8.54. The largest absolute Gasteiger partial charge is 0.376 e. The van der Waals surface area contributed by atoms with Gasteiger partial charge in [-0.25, -0.2) is 0 Å². The number of para-hydroxylation sites is 2. The van der Waals surface area contributed by atoms with E-state index in [-0.39, 0.29) is 11.9 Å². The van der Waals surface area contributed by atoms with Gasteiger partial charge in [-0.05, 0) is 25.5 Å². The minimum Gasteiger partial charge on any atom is -0.376 e. The zero-order valence-corrected chi connectivity index (χ0v) is 11.7. The van der Waals surface area contributed by atoms with Gasteiger partial charge in [-0.1, -0.05) is 19.1 Å². The maximum Gasteiger partial charge on any atom is 0.239 e. The predicted octanol–water partition coefficient (Wildman–Crippen LogP) is 2.08. The van der Waals surface area contributed by atoms with Gasteiger partial charge in [0.1, 0.15) is 0 Å². The van der Waals surface area contributed by atoms with E-state index in [9.17, 15) is 4.79 Å². The van der Waals surface area contributed by atoms with Crippen LogP contribution in [0.15, 0.2) is 24.3 Å². The molecule has 0 aliphatic carbocycles. The molecule has 0 bridgehead atoms. The minimum absolute atomic E-state index is 0.0258. The van der Waals surface area contributed by atoms with Crippen LogP contribution in [0.1, 0.15) is 20.3 Å². The molecule has 0 heterocycles. The van der Waals surface area contributed by atoms with Crippen molar-refractivity contribution < 1.29 is 4.79 Å². The van der Waals surface area contributed by atoms with Crippen molar-refractivity contribution in [2.24, 2.45) is 0 Å². The molecule has 1 aromatic carbocycles. The van der Waals surface area contributed by atoms with Gasteiger partial charge in [-0.3, -0.25) is 4.79 Å². The Morgan fingerprint density at radius 3 is 2.61 bits per heavy atom. The van der Waals surface area contributed by atoms with Crippen LogP contribution in [0.5, 0.6) is 0 Å². The first kappa shape index (κ1) is 14.4. The first-order valence-corrected chi connectivity index (χ1v) is 6.34. The lowest BCUT2D eigenvalue weighted by molar-refractivity contribution is -0.120. The van der Waals surface area contributed by atoms with Crippen LogP contribution in [0.25, 0.3) is 0 Å². The highest BCUT2D eigenvalue weighted by molar-refractivity contribution is 5.82. The van der Waals surface area contributed by atoms with Crippen LogP contribution in [0.4, 0.5) is 11.4 Å². The van der Waals surface area contributed by atoms with Gasteiger partial charge in [-0.15, -0.1) is 0 Å². The molecule has 1 aromatic rings. The van der Waals surface area contributed by atoms with Gasteiger partial charge in [0, 0.05) is 20.1 Å². The molecular formula is C14H23N3O. The Hall–Kier alpha value is -1.71. The van der Waals surface area contributed by atoms with Gasteiger partial charge in [0.15, 0.2) is 0 Å². The number of nitrogens with zero attached hydrogens (tertiary/aromatic N) is 1. The summed E-state index contributed by atoms with van der Waals surface area (Å²) in [6.07, 6.45) is 0.944. The highest BCUT2D eigenvalue weighted by atomic mass is 16.1. The van der Waals surface area contributed by atoms with Gasteiger partial charge in [0.05, 0.1) is 17.9 Å². The lowest BCUT2D eigenvalue weighted by Gasteiger charge is -2.18. The Labute approximate surface area is 109 Å². The summed E-state index contributed by atoms with van der Waals surface area (Å²) in [7, 11) is 3.97.